The number of hydrogen-bond donors (Lipinski definition) is 0. The zero-order valence-electron chi connectivity index (χ0n) is 10.6. The zero-order valence-corrected chi connectivity index (χ0v) is 12.1. The molecule has 2 heterocycles. The van der Waals surface area contributed by atoms with Crippen molar-refractivity contribution < 1.29 is 4.21 Å². The fourth-order valence-electron chi connectivity index (χ4n) is 2.05. The van der Waals surface area contributed by atoms with Crippen LogP contribution in [0.4, 0.5) is 0 Å². The van der Waals surface area contributed by atoms with E-state index in [0.717, 1.165) is 10.9 Å². The SMILES string of the molecule is CS(=O)c1ccccc1-c1nc(Cl)nc2ncccc12. The minimum atomic E-state index is -1.11. The molecule has 0 saturated heterocycles. The van der Waals surface area contributed by atoms with E-state index in [1.807, 2.05) is 36.4 Å². The number of pyridine rings is 1. The number of aromatic nitrogens is 3. The molecule has 6 heteroatoms. The largest absolute Gasteiger partial charge is 0.255 e. The number of nitrogens with zero attached hydrogens (tertiary/aromatic N) is 3. The first-order valence-electron chi connectivity index (χ1n) is 5.88. The summed E-state index contributed by atoms with van der Waals surface area (Å²) in [6, 6.07) is 11.1. The van der Waals surface area contributed by atoms with Gasteiger partial charge < -0.3 is 0 Å². The molecule has 0 bridgehead atoms. The topological polar surface area (TPSA) is 55.7 Å². The Morgan fingerprint density at radius 1 is 1.10 bits per heavy atom. The molecule has 2 aromatic heterocycles. The second kappa shape index (κ2) is 5.26. The van der Waals surface area contributed by atoms with E-state index in [2.05, 4.69) is 15.0 Å². The van der Waals surface area contributed by atoms with Crippen LogP contribution >= 0.6 is 11.6 Å². The maximum absolute atomic E-state index is 11.9. The number of halogens is 1. The average Bonchev–Trinajstić information content (AvgIpc) is 2.46. The van der Waals surface area contributed by atoms with E-state index in [9.17, 15) is 4.21 Å². The molecular weight excluding hydrogens is 294 g/mol. The van der Waals surface area contributed by atoms with Gasteiger partial charge in [-0.1, -0.05) is 18.2 Å². The van der Waals surface area contributed by atoms with Crippen LogP contribution in [-0.2, 0) is 10.8 Å². The van der Waals surface area contributed by atoms with E-state index >= 15 is 0 Å². The van der Waals surface area contributed by atoms with Crippen LogP contribution in [0.25, 0.3) is 22.3 Å². The van der Waals surface area contributed by atoms with Crippen molar-refractivity contribution in [2.45, 2.75) is 4.90 Å². The standard InChI is InChI=1S/C14H10ClN3OS/c1-20(19)11-7-3-2-5-9(11)12-10-6-4-8-16-13(10)18-14(15)17-12/h2-8H,1H3. The fourth-order valence-corrected chi connectivity index (χ4v) is 2.96. The number of benzene rings is 1. The molecule has 4 nitrogen and oxygen atoms in total. The highest BCUT2D eigenvalue weighted by atomic mass is 35.5. The van der Waals surface area contributed by atoms with Gasteiger partial charge in [0.1, 0.15) is 0 Å². The molecule has 0 radical (unpaired) electrons. The minimum absolute atomic E-state index is 0.128. The lowest BCUT2D eigenvalue weighted by Gasteiger charge is -2.09. The third-order valence-electron chi connectivity index (χ3n) is 2.90. The van der Waals surface area contributed by atoms with Gasteiger partial charge in [0.25, 0.3) is 0 Å². The summed E-state index contributed by atoms with van der Waals surface area (Å²) in [7, 11) is -1.11. The van der Waals surface area contributed by atoms with Gasteiger partial charge in [0.05, 0.1) is 16.5 Å². The lowest BCUT2D eigenvalue weighted by atomic mass is 10.1. The summed E-state index contributed by atoms with van der Waals surface area (Å²) >= 11 is 5.97. The minimum Gasteiger partial charge on any atom is -0.255 e. The van der Waals surface area contributed by atoms with Crippen LogP contribution < -0.4 is 0 Å². The van der Waals surface area contributed by atoms with Crippen molar-refractivity contribution >= 4 is 33.4 Å². The molecule has 1 aromatic carbocycles. The summed E-state index contributed by atoms with van der Waals surface area (Å²) in [6.07, 6.45) is 3.29. The van der Waals surface area contributed by atoms with Gasteiger partial charge in [-0.05, 0) is 29.8 Å². The van der Waals surface area contributed by atoms with Gasteiger partial charge in [-0.3, -0.25) is 4.21 Å². The molecular formula is C14H10ClN3OS. The van der Waals surface area contributed by atoms with Gasteiger partial charge in [0.2, 0.25) is 5.28 Å². The molecule has 0 saturated carbocycles. The van der Waals surface area contributed by atoms with Crippen molar-refractivity contribution in [3.05, 3.63) is 47.9 Å². The first kappa shape index (κ1) is 13.1. The summed E-state index contributed by atoms with van der Waals surface area (Å²) < 4.78 is 11.9. The lowest BCUT2D eigenvalue weighted by molar-refractivity contribution is 0.687. The molecule has 0 aliphatic carbocycles. The summed E-state index contributed by atoms with van der Waals surface area (Å²) in [5.41, 5.74) is 1.97. The third-order valence-corrected chi connectivity index (χ3v) is 4.04. The average molecular weight is 304 g/mol. The van der Waals surface area contributed by atoms with Crippen LogP contribution in [0.15, 0.2) is 47.5 Å². The van der Waals surface area contributed by atoms with Crippen molar-refractivity contribution in [2.24, 2.45) is 0 Å². The Morgan fingerprint density at radius 3 is 2.70 bits per heavy atom. The summed E-state index contributed by atoms with van der Waals surface area (Å²) in [5, 5.41) is 0.915. The van der Waals surface area contributed by atoms with Gasteiger partial charge in [0, 0.05) is 28.3 Å². The van der Waals surface area contributed by atoms with Crippen molar-refractivity contribution in [1.82, 2.24) is 15.0 Å². The van der Waals surface area contributed by atoms with E-state index in [0.29, 0.717) is 16.2 Å². The Morgan fingerprint density at radius 2 is 1.90 bits per heavy atom. The molecule has 100 valence electrons. The molecule has 20 heavy (non-hydrogen) atoms. The second-order valence-corrected chi connectivity index (χ2v) is 5.85. The molecule has 0 N–H and O–H groups in total. The van der Waals surface area contributed by atoms with E-state index in [1.165, 1.54) is 0 Å². The molecule has 0 fully saturated rings. The van der Waals surface area contributed by atoms with Crippen LogP contribution in [-0.4, -0.2) is 25.4 Å². The van der Waals surface area contributed by atoms with E-state index < -0.39 is 10.8 Å². The van der Waals surface area contributed by atoms with Crippen molar-refractivity contribution in [3.8, 4) is 11.3 Å². The molecule has 3 rings (SSSR count). The number of fused-ring (bicyclic) bond motifs is 1. The highest BCUT2D eigenvalue weighted by Crippen LogP contribution is 2.30. The van der Waals surface area contributed by atoms with Gasteiger partial charge in [0.15, 0.2) is 5.65 Å². The second-order valence-electron chi connectivity index (χ2n) is 4.17. The Kier molecular flexibility index (Phi) is 3.46. The smallest absolute Gasteiger partial charge is 0.225 e. The van der Waals surface area contributed by atoms with Crippen LogP contribution in [0.2, 0.25) is 5.28 Å². The molecule has 0 amide bonds. The van der Waals surface area contributed by atoms with Crippen LogP contribution in [0.5, 0.6) is 0 Å². The van der Waals surface area contributed by atoms with Gasteiger partial charge in [-0.25, -0.2) is 9.97 Å². The number of hydrogen-bond acceptors (Lipinski definition) is 4. The predicted octanol–water partition coefficient (Wildman–Crippen LogP) is 3.08. The van der Waals surface area contributed by atoms with E-state index in [4.69, 9.17) is 11.6 Å². The molecule has 0 aliphatic heterocycles. The first-order chi connectivity index (χ1) is 9.66. The van der Waals surface area contributed by atoms with Crippen LogP contribution in [0, 0.1) is 0 Å². The first-order valence-corrected chi connectivity index (χ1v) is 7.81. The molecule has 0 aliphatic rings. The fraction of sp³-hybridized carbons (Fsp3) is 0.0714. The Labute approximate surface area is 123 Å². The number of rotatable bonds is 2. The maximum Gasteiger partial charge on any atom is 0.225 e. The van der Waals surface area contributed by atoms with Crippen molar-refractivity contribution in [1.29, 1.82) is 0 Å². The van der Waals surface area contributed by atoms with Crippen molar-refractivity contribution in [2.75, 3.05) is 6.26 Å². The Bertz CT molecular complexity index is 822. The molecule has 1 atom stereocenters. The molecule has 3 aromatic rings. The zero-order chi connectivity index (χ0) is 14.1. The Hall–Kier alpha value is -1.85. The summed E-state index contributed by atoms with van der Waals surface area (Å²) in [5.74, 6) is 0. The maximum atomic E-state index is 11.9. The summed E-state index contributed by atoms with van der Waals surface area (Å²) in [6.45, 7) is 0. The quantitative estimate of drug-likeness (QED) is 0.683. The normalized spacial score (nSPS) is 12.5. The van der Waals surface area contributed by atoms with Crippen LogP contribution in [0.3, 0.4) is 0 Å². The lowest BCUT2D eigenvalue weighted by Crippen LogP contribution is -1.97. The van der Waals surface area contributed by atoms with Gasteiger partial charge in [-0.2, -0.15) is 4.98 Å². The van der Waals surface area contributed by atoms with Gasteiger partial charge >= 0.3 is 0 Å². The Balaban J connectivity index is 2.38. The van der Waals surface area contributed by atoms with Crippen molar-refractivity contribution in [3.63, 3.8) is 0 Å². The molecule has 0 spiro atoms. The van der Waals surface area contributed by atoms with Crippen LogP contribution in [0.1, 0.15) is 0 Å². The highest BCUT2D eigenvalue weighted by Gasteiger charge is 2.14. The van der Waals surface area contributed by atoms with E-state index in [1.54, 1.807) is 12.5 Å². The predicted molar refractivity (Wildman–Crippen MR) is 80.1 cm³/mol. The summed E-state index contributed by atoms with van der Waals surface area (Å²) in [4.78, 5) is 13.3. The molecule has 1 unspecified atom stereocenters. The van der Waals surface area contributed by atoms with E-state index in [-0.39, 0.29) is 5.28 Å². The monoisotopic (exact) mass is 303 g/mol. The van der Waals surface area contributed by atoms with Gasteiger partial charge in [-0.15, -0.1) is 0 Å². The highest BCUT2D eigenvalue weighted by molar-refractivity contribution is 7.84. The third kappa shape index (κ3) is 2.30.